The molecule has 30 heavy (non-hydrogen) atoms. The first-order valence-electron chi connectivity index (χ1n) is 10.2. The number of carbonyl (C=O) groups is 1. The Morgan fingerprint density at radius 2 is 1.90 bits per heavy atom. The summed E-state index contributed by atoms with van der Waals surface area (Å²) in [4.78, 5) is 21.6. The zero-order chi connectivity index (χ0) is 20.9. The van der Waals surface area contributed by atoms with E-state index in [1.54, 1.807) is 42.4 Å². The van der Waals surface area contributed by atoms with Crippen molar-refractivity contribution in [2.24, 2.45) is 0 Å². The van der Waals surface area contributed by atoms with Gasteiger partial charge < -0.3 is 15.1 Å². The van der Waals surface area contributed by atoms with E-state index in [9.17, 15) is 9.18 Å². The fourth-order valence-corrected chi connectivity index (χ4v) is 3.82. The molecule has 1 saturated heterocycles. The molecule has 154 valence electrons. The van der Waals surface area contributed by atoms with Gasteiger partial charge in [-0.2, -0.15) is 0 Å². The summed E-state index contributed by atoms with van der Waals surface area (Å²) < 4.78 is 13.5. The summed E-state index contributed by atoms with van der Waals surface area (Å²) in [5.74, 6) is -0.0783. The van der Waals surface area contributed by atoms with E-state index >= 15 is 0 Å². The Bertz CT molecular complexity index is 1030. The lowest BCUT2D eigenvalue weighted by atomic mass is 10.1. The molecule has 0 saturated carbocycles. The van der Waals surface area contributed by atoms with Crippen molar-refractivity contribution in [3.63, 3.8) is 0 Å². The monoisotopic (exact) mass is 404 g/mol. The van der Waals surface area contributed by atoms with Gasteiger partial charge in [-0.15, -0.1) is 0 Å². The highest BCUT2D eigenvalue weighted by molar-refractivity contribution is 5.99. The van der Waals surface area contributed by atoms with E-state index < -0.39 is 0 Å². The third kappa shape index (κ3) is 4.43. The largest absolute Gasteiger partial charge is 0.371 e. The number of aromatic nitrogens is 1. The predicted octanol–water partition coefficient (Wildman–Crippen LogP) is 4.84. The summed E-state index contributed by atoms with van der Waals surface area (Å²) in [5, 5.41) is 3.06. The number of nitrogens with one attached hydrogen (secondary N) is 1. The number of carbonyl (C=O) groups excluding carboxylic acids is 1. The Kier molecular flexibility index (Phi) is 5.93. The van der Waals surface area contributed by atoms with Crippen LogP contribution in [0.5, 0.6) is 0 Å². The molecule has 0 aliphatic carbocycles. The second-order valence-corrected chi connectivity index (χ2v) is 7.52. The van der Waals surface area contributed by atoms with E-state index in [1.165, 1.54) is 30.7 Å². The van der Waals surface area contributed by atoms with Gasteiger partial charge in [0.2, 0.25) is 0 Å². The lowest BCUT2D eigenvalue weighted by Gasteiger charge is -2.25. The molecular weight excluding hydrogens is 379 g/mol. The highest BCUT2D eigenvalue weighted by Crippen LogP contribution is 2.26. The van der Waals surface area contributed by atoms with Crippen molar-refractivity contribution in [2.45, 2.75) is 19.4 Å². The lowest BCUT2D eigenvalue weighted by Crippen LogP contribution is -2.28. The van der Waals surface area contributed by atoms with Crippen molar-refractivity contribution < 1.29 is 9.18 Å². The Hall–Kier alpha value is -3.41. The van der Waals surface area contributed by atoms with Gasteiger partial charge in [-0.05, 0) is 54.8 Å². The molecule has 1 N–H and O–H groups in total. The van der Waals surface area contributed by atoms with E-state index in [-0.39, 0.29) is 11.7 Å². The van der Waals surface area contributed by atoms with E-state index in [2.05, 4.69) is 27.3 Å². The maximum Gasteiger partial charge on any atom is 0.257 e. The Labute approximate surface area is 176 Å². The molecule has 1 aliphatic rings. The topological polar surface area (TPSA) is 48.5 Å². The van der Waals surface area contributed by atoms with Gasteiger partial charge in [0.05, 0.1) is 5.56 Å². The quantitative estimate of drug-likeness (QED) is 0.639. The summed E-state index contributed by atoms with van der Waals surface area (Å²) in [5.41, 5.74) is 3.31. The fourth-order valence-electron chi connectivity index (χ4n) is 3.82. The number of hydrogen-bond acceptors (Lipinski definition) is 4. The second-order valence-electron chi connectivity index (χ2n) is 7.52. The normalized spacial score (nSPS) is 13.3. The molecule has 0 bridgehead atoms. The molecule has 2 aromatic carbocycles. The van der Waals surface area contributed by atoms with Crippen LogP contribution in [0.3, 0.4) is 0 Å². The molecule has 1 aliphatic heterocycles. The van der Waals surface area contributed by atoms with Crippen molar-refractivity contribution in [2.75, 3.05) is 30.4 Å². The van der Waals surface area contributed by atoms with Gasteiger partial charge in [0.15, 0.2) is 0 Å². The van der Waals surface area contributed by atoms with Crippen LogP contribution < -0.4 is 10.2 Å². The third-order valence-corrected chi connectivity index (χ3v) is 5.32. The van der Waals surface area contributed by atoms with Crippen molar-refractivity contribution in [3.8, 4) is 0 Å². The van der Waals surface area contributed by atoms with Gasteiger partial charge in [-0.3, -0.25) is 4.79 Å². The average molecular weight is 404 g/mol. The Morgan fingerprint density at radius 1 is 1.10 bits per heavy atom. The van der Waals surface area contributed by atoms with Gasteiger partial charge in [0.25, 0.3) is 5.91 Å². The summed E-state index contributed by atoms with van der Waals surface area (Å²) in [6.45, 7) is 2.61. The number of nitrogens with zero attached hydrogens (tertiary/aromatic N) is 3. The summed E-state index contributed by atoms with van der Waals surface area (Å²) in [6, 6.07) is 17.8. The van der Waals surface area contributed by atoms with E-state index in [4.69, 9.17) is 0 Å². The number of benzene rings is 2. The molecule has 1 aromatic heterocycles. The number of para-hydroxylation sites is 1. The molecule has 0 atom stereocenters. The SMILES string of the molecule is CN(Cc1ccccc1N1CCCC1)C(=O)c1cccnc1Nc1cccc(F)c1. The van der Waals surface area contributed by atoms with Gasteiger partial charge >= 0.3 is 0 Å². The van der Waals surface area contributed by atoms with Crippen LogP contribution in [-0.2, 0) is 6.54 Å². The van der Waals surface area contributed by atoms with Crippen LogP contribution in [0, 0.1) is 5.82 Å². The van der Waals surface area contributed by atoms with Crippen molar-refractivity contribution in [3.05, 3.63) is 83.8 Å². The predicted molar refractivity (Wildman–Crippen MR) is 118 cm³/mol. The highest BCUT2D eigenvalue weighted by atomic mass is 19.1. The van der Waals surface area contributed by atoms with Crippen LogP contribution in [-0.4, -0.2) is 35.9 Å². The molecule has 0 radical (unpaired) electrons. The van der Waals surface area contributed by atoms with Crippen LogP contribution in [0.4, 0.5) is 21.6 Å². The zero-order valence-corrected chi connectivity index (χ0v) is 17.0. The number of rotatable bonds is 6. The lowest BCUT2D eigenvalue weighted by molar-refractivity contribution is 0.0786. The summed E-state index contributed by atoms with van der Waals surface area (Å²) in [6.07, 6.45) is 4.02. The van der Waals surface area contributed by atoms with Gasteiger partial charge in [0, 0.05) is 44.3 Å². The molecule has 3 aromatic rings. The van der Waals surface area contributed by atoms with Crippen LogP contribution in [0.15, 0.2) is 66.9 Å². The minimum atomic E-state index is -0.348. The van der Waals surface area contributed by atoms with Gasteiger partial charge in [-0.1, -0.05) is 24.3 Å². The van der Waals surface area contributed by atoms with E-state index in [1.807, 2.05) is 12.1 Å². The zero-order valence-electron chi connectivity index (χ0n) is 17.0. The average Bonchev–Trinajstić information content (AvgIpc) is 3.29. The molecule has 0 unspecified atom stereocenters. The van der Waals surface area contributed by atoms with E-state index in [0.717, 1.165) is 18.7 Å². The van der Waals surface area contributed by atoms with E-state index in [0.29, 0.717) is 23.6 Å². The molecule has 1 amide bonds. The van der Waals surface area contributed by atoms with Crippen LogP contribution in [0.1, 0.15) is 28.8 Å². The van der Waals surface area contributed by atoms with Crippen LogP contribution in [0.2, 0.25) is 0 Å². The first-order chi connectivity index (χ1) is 14.6. The fraction of sp³-hybridized carbons (Fsp3) is 0.250. The Balaban J connectivity index is 1.54. The molecular formula is C24H25FN4O. The highest BCUT2D eigenvalue weighted by Gasteiger charge is 2.20. The number of halogens is 1. The maximum atomic E-state index is 13.5. The summed E-state index contributed by atoms with van der Waals surface area (Å²) in [7, 11) is 1.79. The molecule has 4 rings (SSSR count). The van der Waals surface area contributed by atoms with Crippen molar-refractivity contribution >= 4 is 23.1 Å². The smallest absolute Gasteiger partial charge is 0.257 e. The van der Waals surface area contributed by atoms with Crippen LogP contribution >= 0.6 is 0 Å². The third-order valence-electron chi connectivity index (χ3n) is 5.32. The molecule has 0 spiro atoms. The summed E-state index contributed by atoms with van der Waals surface area (Å²) >= 11 is 0. The number of amides is 1. The first kappa shape index (κ1) is 19.9. The van der Waals surface area contributed by atoms with Crippen molar-refractivity contribution in [1.82, 2.24) is 9.88 Å². The standard InChI is InChI=1S/C24H25FN4O/c1-28(17-18-8-2-3-12-22(18)29-14-4-5-15-29)24(30)21-11-7-13-26-23(21)27-20-10-6-9-19(25)16-20/h2-3,6-13,16H,4-5,14-15,17H2,1H3,(H,26,27). The molecule has 1 fully saturated rings. The number of pyridine rings is 1. The van der Waals surface area contributed by atoms with Crippen LogP contribution in [0.25, 0.3) is 0 Å². The number of hydrogen-bond donors (Lipinski definition) is 1. The minimum Gasteiger partial charge on any atom is -0.371 e. The number of anilines is 3. The van der Waals surface area contributed by atoms with Gasteiger partial charge in [0.1, 0.15) is 11.6 Å². The molecule has 6 heteroatoms. The van der Waals surface area contributed by atoms with Gasteiger partial charge in [-0.25, -0.2) is 9.37 Å². The second kappa shape index (κ2) is 8.95. The molecule has 5 nitrogen and oxygen atoms in total. The molecule has 2 heterocycles. The minimum absolute atomic E-state index is 0.141. The first-order valence-corrected chi connectivity index (χ1v) is 10.2. The van der Waals surface area contributed by atoms with Crippen molar-refractivity contribution in [1.29, 1.82) is 0 Å². The maximum absolute atomic E-state index is 13.5. The Morgan fingerprint density at radius 3 is 2.70 bits per heavy atom.